The molecule has 92 valence electrons. The molecule has 4 nitrogen and oxygen atoms in total. The van der Waals surface area contributed by atoms with Crippen LogP contribution in [0.1, 0.15) is 17.9 Å². The highest BCUT2D eigenvalue weighted by Crippen LogP contribution is 2.34. The minimum atomic E-state index is -0.306. The van der Waals surface area contributed by atoms with Gasteiger partial charge in [0.1, 0.15) is 18.3 Å². The van der Waals surface area contributed by atoms with E-state index in [9.17, 15) is 5.11 Å². The average molecular weight is 241 g/mol. The highest BCUT2D eigenvalue weighted by molar-refractivity contribution is 6.05. The Morgan fingerprint density at radius 2 is 2.00 bits per heavy atom. The lowest BCUT2D eigenvalue weighted by Crippen LogP contribution is -2.40. The zero-order valence-electron chi connectivity index (χ0n) is 9.90. The van der Waals surface area contributed by atoms with Crippen LogP contribution < -0.4 is 5.73 Å². The Kier molecular flexibility index (Phi) is 2.72. The van der Waals surface area contributed by atoms with Crippen molar-refractivity contribution in [1.29, 1.82) is 0 Å². The third-order valence-corrected chi connectivity index (χ3v) is 3.56. The molecule has 1 aliphatic heterocycles. The van der Waals surface area contributed by atoms with Crippen LogP contribution in [0.4, 0.5) is 0 Å². The number of nitrogens with two attached hydrogens (primary N) is 1. The molecule has 4 heteroatoms. The minimum Gasteiger partial charge on any atom is -0.506 e. The predicted octanol–water partition coefficient (Wildman–Crippen LogP) is 2.00. The molecule has 0 aromatic heterocycles. The second-order valence-corrected chi connectivity index (χ2v) is 4.68. The maximum Gasteiger partial charge on any atom is 0.134 e. The molecule has 0 saturated carbocycles. The number of aliphatic hydroxyl groups excluding tert-OH is 1. The third-order valence-electron chi connectivity index (χ3n) is 3.56. The van der Waals surface area contributed by atoms with E-state index in [0.29, 0.717) is 5.71 Å². The number of rotatable bonds is 1. The molecule has 3 N–H and O–H groups in total. The quantitative estimate of drug-likeness (QED) is 0.789. The van der Waals surface area contributed by atoms with Gasteiger partial charge in [0.05, 0.1) is 5.71 Å². The number of hydrogen-bond donors (Lipinski definition) is 2. The van der Waals surface area contributed by atoms with Crippen LogP contribution in [0.15, 0.2) is 52.2 Å². The molecular weight excluding hydrogens is 226 g/mol. The van der Waals surface area contributed by atoms with Gasteiger partial charge in [-0.25, -0.2) is 4.99 Å². The molecule has 3 rings (SSSR count). The molecule has 2 aliphatic rings. The Morgan fingerprint density at radius 3 is 2.78 bits per heavy atom. The summed E-state index contributed by atoms with van der Waals surface area (Å²) in [5, 5.41) is 10.1. The summed E-state index contributed by atoms with van der Waals surface area (Å²) in [6.07, 6.45) is 3.82. The number of aliphatic hydroxyl groups is 1. The van der Waals surface area contributed by atoms with E-state index < -0.39 is 0 Å². The molecule has 18 heavy (non-hydrogen) atoms. The summed E-state index contributed by atoms with van der Waals surface area (Å²) < 4.78 is 0. The van der Waals surface area contributed by atoms with Crippen LogP contribution in [0, 0.1) is 5.92 Å². The van der Waals surface area contributed by atoms with Gasteiger partial charge in [0.2, 0.25) is 0 Å². The van der Waals surface area contributed by atoms with Crippen LogP contribution in [-0.2, 0) is 0 Å². The van der Waals surface area contributed by atoms with Crippen molar-refractivity contribution in [2.24, 2.45) is 21.6 Å². The van der Waals surface area contributed by atoms with Crippen LogP contribution in [0.5, 0.6) is 0 Å². The van der Waals surface area contributed by atoms with Gasteiger partial charge in [-0.1, -0.05) is 30.3 Å². The zero-order chi connectivity index (χ0) is 12.5. The maximum atomic E-state index is 10.1. The number of aliphatic imine (C=N–C) groups is 2. The van der Waals surface area contributed by atoms with Gasteiger partial charge >= 0.3 is 0 Å². The van der Waals surface area contributed by atoms with E-state index >= 15 is 0 Å². The first-order valence-electron chi connectivity index (χ1n) is 6.07. The summed E-state index contributed by atoms with van der Waals surface area (Å²) in [7, 11) is 0. The van der Waals surface area contributed by atoms with Gasteiger partial charge in [0.15, 0.2) is 0 Å². The molecule has 1 heterocycles. The lowest BCUT2D eigenvalue weighted by molar-refractivity contribution is 0.393. The average Bonchev–Trinajstić information content (AvgIpc) is 2.41. The van der Waals surface area contributed by atoms with Crippen LogP contribution in [0.2, 0.25) is 0 Å². The zero-order valence-corrected chi connectivity index (χ0v) is 9.90. The van der Waals surface area contributed by atoms with Crippen molar-refractivity contribution in [2.75, 3.05) is 0 Å². The lowest BCUT2D eigenvalue weighted by atomic mass is 9.79. The van der Waals surface area contributed by atoms with Crippen molar-refractivity contribution < 1.29 is 5.11 Å². The Hall–Kier alpha value is -1.94. The van der Waals surface area contributed by atoms with E-state index in [1.54, 1.807) is 0 Å². The summed E-state index contributed by atoms with van der Waals surface area (Å²) in [4.78, 5) is 8.24. The Morgan fingerprint density at radius 1 is 1.22 bits per heavy atom. The topological polar surface area (TPSA) is 71.0 Å². The van der Waals surface area contributed by atoms with Crippen LogP contribution in [0.3, 0.4) is 0 Å². The van der Waals surface area contributed by atoms with Gasteiger partial charge in [-0.05, 0) is 18.1 Å². The van der Waals surface area contributed by atoms with Gasteiger partial charge in [-0.3, -0.25) is 4.99 Å². The summed E-state index contributed by atoms with van der Waals surface area (Å²) in [6.45, 7) is 0. The molecule has 1 aromatic carbocycles. The Balaban J connectivity index is 1.96. The first-order valence-corrected chi connectivity index (χ1v) is 6.07. The van der Waals surface area contributed by atoms with E-state index in [1.807, 2.05) is 24.3 Å². The fourth-order valence-corrected chi connectivity index (χ4v) is 2.59. The van der Waals surface area contributed by atoms with Gasteiger partial charge in [0, 0.05) is 11.8 Å². The number of fused-ring (bicyclic) bond motifs is 1. The fraction of sp³-hybridized carbons (Fsp3) is 0.286. The minimum absolute atomic E-state index is 0.00482. The van der Waals surface area contributed by atoms with Gasteiger partial charge < -0.3 is 10.8 Å². The predicted molar refractivity (Wildman–Crippen MR) is 71.9 cm³/mol. The van der Waals surface area contributed by atoms with E-state index in [-0.39, 0.29) is 23.8 Å². The standard InChI is InChI=1S/C14H15N3O/c15-14-11-6-10(9-4-2-1-3-5-9)7-12(18)13(11)16-8-17-14/h1-5,7-8,10-11,14,18H,6,15H2. The van der Waals surface area contributed by atoms with E-state index in [4.69, 9.17) is 5.73 Å². The van der Waals surface area contributed by atoms with Crippen LogP contribution >= 0.6 is 0 Å². The van der Waals surface area contributed by atoms with Gasteiger partial charge in [-0.2, -0.15) is 0 Å². The molecule has 0 spiro atoms. The third kappa shape index (κ3) is 1.84. The number of hydrogen-bond acceptors (Lipinski definition) is 4. The molecule has 3 unspecified atom stereocenters. The highest BCUT2D eigenvalue weighted by atomic mass is 16.3. The van der Waals surface area contributed by atoms with Crippen LogP contribution in [-0.4, -0.2) is 23.3 Å². The first kappa shape index (κ1) is 11.2. The van der Waals surface area contributed by atoms with E-state index in [2.05, 4.69) is 22.1 Å². The molecule has 3 atom stereocenters. The second kappa shape index (κ2) is 4.38. The molecule has 0 radical (unpaired) electrons. The first-order chi connectivity index (χ1) is 8.75. The molecule has 1 aromatic rings. The monoisotopic (exact) mass is 241 g/mol. The lowest BCUT2D eigenvalue weighted by Gasteiger charge is -2.31. The van der Waals surface area contributed by atoms with Crippen molar-refractivity contribution in [3.8, 4) is 0 Å². The van der Waals surface area contributed by atoms with Crippen molar-refractivity contribution in [3.63, 3.8) is 0 Å². The summed E-state index contributed by atoms with van der Waals surface area (Å²) in [5.74, 6) is 0.418. The van der Waals surface area contributed by atoms with E-state index in [0.717, 1.165) is 6.42 Å². The molecule has 0 bridgehead atoms. The fourth-order valence-electron chi connectivity index (χ4n) is 2.59. The summed E-state index contributed by atoms with van der Waals surface area (Å²) in [5.41, 5.74) is 7.83. The Labute approximate surface area is 106 Å². The molecular formula is C14H15N3O. The molecule has 0 saturated heterocycles. The van der Waals surface area contributed by atoms with Gasteiger partial charge in [-0.15, -0.1) is 0 Å². The van der Waals surface area contributed by atoms with Crippen molar-refractivity contribution in [2.45, 2.75) is 18.5 Å². The normalized spacial score (nSPS) is 30.4. The van der Waals surface area contributed by atoms with Crippen molar-refractivity contribution in [1.82, 2.24) is 0 Å². The number of nitrogens with zero attached hydrogens (tertiary/aromatic N) is 2. The largest absolute Gasteiger partial charge is 0.506 e. The highest BCUT2D eigenvalue weighted by Gasteiger charge is 2.34. The maximum absolute atomic E-state index is 10.1. The Bertz CT molecular complexity index is 533. The molecule has 0 amide bonds. The van der Waals surface area contributed by atoms with Gasteiger partial charge in [0.25, 0.3) is 0 Å². The second-order valence-electron chi connectivity index (χ2n) is 4.68. The van der Waals surface area contributed by atoms with Crippen LogP contribution in [0.25, 0.3) is 0 Å². The summed E-state index contributed by atoms with van der Waals surface area (Å²) in [6, 6.07) is 10.1. The number of allylic oxidation sites excluding steroid dienone is 2. The smallest absolute Gasteiger partial charge is 0.134 e. The van der Waals surface area contributed by atoms with E-state index in [1.165, 1.54) is 11.9 Å². The van der Waals surface area contributed by atoms with Crippen molar-refractivity contribution >= 4 is 12.1 Å². The summed E-state index contributed by atoms with van der Waals surface area (Å²) >= 11 is 0. The SMILES string of the molecule is NC1N=CN=C2C(O)=CC(c3ccccc3)CC21. The molecule has 1 aliphatic carbocycles. The number of benzene rings is 1. The van der Waals surface area contributed by atoms with Crippen molar-refractivity contribution in [3.05, 3.63) is 47.7 Å². The molecule has 0 fully saturated rings.